The fraction of sp³-hybridized carbons (Fsp3) is 0.933. The van der Waals surface area contributed by atoms with Crippen LogP contribution in [-0.4, -0.2) is 24.5 Å². The summed E-state index contributed by atoms with van der Waals surface area (Å²) in [6, 6.07) is 0.977. The van der Waals surface area contributed by atoms with Gasteiger partial charge in [0.2, 0.25) is 5.91 Å². The molecule has 1 atom stereocenters. The first kappa shape index (κ1) is 13.9. The Hall–Kier alpha value is -0.570. The van der Waals surface area contributed by atoms with Crippen LogP contribution >= 0.6 is 0 Å². The molecule has 0 aliphatic heterocycles. The van der Waals surface area contributed by atoms with Gasteiger partial charge in [-0.3, -0.25) is 4.79 Å². The third kappa shape index (κ3) is 4.27. The summed E-state index contributed by atoms with van der Waals surface area (Å²) in [6.07, 6.45) is 9.92. The highest BCUT2D eigenvalue weighted by atomic mass is 16.1. The van der Waals surface area contributed by atoms with Gasteiger partial charge in [0.15, 0.2) is 0 Å². The van der Waals surface area contributed by atoms with E-state index in [1.54, 1.807) is 0 Å². The summed E-state index contributed by atoms with van der Waals surface area (Å²) in [6.45, 7) is 5.12. The molecule has 0 saturated heterocycles. The molecular formula is C15H28N2O. The fourth-order valence-corrected chi connectivity index (χ4v) is 3.47. The monoisotopic (exact) mass is 252 g/mol. The van der Waals surface area contributed by atoms with Crippen molar-refractivity contribution in [1.29, 1.82) is 0 Å². The maximum absolute atomic E-state index is 11.9. The molecule has 3 nitrogen and oxygen atoms in total. The topological polar surface area (TPSA) is 41.1 Å². The Labute approximate surface area is 111 Å². The Bertz CT molecular complexity index is 282. The average molecular weight is 252 g/mol. The summed E-state index contributed by atoms with van der Waals surface area (Å²) in [7, 11) is 0. The molecule has 3 heteroatoms. The van der Waals surface area contributed by atoms with Crippen LogP contribution in [0.25, 0.3) is 0 Å². The van der Waals surface area contributed by atoms with Crippen LogP contribution in [0.4, 0.5) is 0 Å². The molecular weight excluding hydrogens is 224 g/mol. The first-order valence-corrected chi connectivity index (χ1v) is 7.58. The SMILES string of the molecule is CC1(C)CCCC(NC(=O)CNC2CCCC2)C1. The molecule has 0 spiro atoms. The number of amides is 1. The number of rotatable bonds is 4. The number of carbonyl (C=O) groups excluding carboxylic acids is 1. The van der Waals surface area contributed by atoms with E-state index in [0.29, 0.717) is 24.0 Å². The molecule has 2 aliphatic carbocycles. The van der Waals surface area contributed by atoms with E-state index in [1.165, 1.54) is 38.5 Å². The van der Waals surface area contributed by atoms with E-state index in [9.17, 15) is 4.79 Å². The summed E-state index contributed by atoms with van der Waals surface area (Å²) in [4.78, 5) is 11.9. The van der Waals surface area contributed by atoms with Gasteiger partial charge in [0.05, 0.1) is 6.54 Å². The minimum Gasteiger partial charge on any atom is -0.352 e. The highest BCUT2D eigenvalue weighted by molar-refractivity contribution is 5.78. The van der Waals surface area contributed by atoms with E-state index in [4.69, 9.17) is 0 Å². The van der Waals surface area contributed by atoms with Crippen LogP contribution in [0.15, 0.2) is 0 Å². The zero-order valence-corrected chi connectivity index (χ0v) is 11.9. The van der Waals surface area contributed by atoms with Gasteiger partial charge in [0.1, 0.15) is 0 Å². The van der Waals surface area contributed by atoms with E-state index in [0.717, 1.165) is 12.8 Å². The molecule has 0 bridgehead atoms. The quantitative estimate of drug-likeness (QED) is 0.807. The van der Waals surface area contributed by atoms with Crippen molar-refractivity contribution in [2.24, 2.45) is 5.41 Å². The molecule has 0 radical (unpaired) electrons. The lowest BCUT2D eigenvalue weighted by molar-refractivity contribution is -0.121. The van der Waals surface area contributed by atoms with Gasteiger partial charge < -0.3 is 10.6 Å². The van der Waals surface area contributed by atoms with Crippen LogP contribution < -0.4 is 10.6 Å². The summed E-state index contributed by atoms with van der Waals surface area (Å²) < 4.78 is 0. The van der Waals surface area contributed by atoms with Crippen molar-refractivity contribution in [3.63, 3.8) is 0 Å². The second-order valence-corrected chi connectivity index (χ2v) is 6.89. The zero-order valence-electron chi connectivity index (χ0n) is 11.9. The Kier molecular flexibility index (Phi) is 4.66. The normalized spacial score (nSPS) is 28.2. The van der Waals surface area contributed by atoms with E-state index in [2.05, 4.69) is 24.5 Å². The molecule has 104 valence electrons. The first-order chi connectivity index (χ1) is 8.55. The van der Waals surface area contributed by atoms with Crippen molar-refractivity contribution in [3.8, 4) is 0 Å². The van der Waals surface area contributed by atoms with Gasteiger partial charge in [0.25, 0.3) is 0 Å². The van der Waals surface area contributed by atoms with Gasteiger partial charge in [-0.2, -0.15) is 0 Å². The first-order valence-electron chi connectivity index (χ1n) is 7.58. The molecule has 1 amide bonds. The maximum Gasteiger partial charge on any atom is 0.234 e. The number of hydrogen-bond acceptors (Lipinski definition) is 2. The van der Waals surface area contributed by atoms with Crippen molar-refractivity contribution in [3.05, 3.63) is 0 Å². The van der Waals surface area contributed by atoms with Gasteiger partial charge in [-0.25, -0.2) is 0 Å². The minimum atomic E-state index is 0.185. The Morgan fingerprint density at radius 2 is 1.78 bits per heavy atom. The molecule has 1 unspecified atom stereocenters. The summed E-state index contributed by atoms with van der Waals surface area (Å²) in [5, 5.41) is 6.58. The van der Waals surface area contributed by atoms with E-state index < -0.39 is 0 Å². The molecule has 0 aromatic heterocycles. The predicted molar refractivity (Wildman–Crippen MR) is 74.4 cm³/mol. The number of nitrogens with one attached hydrogen (secondary N) is 2. The zero-order chi connectivity index (χ0) is 13.0. The van der Waals surface area contributed by atoms with E-state index in [1.807, 2.05) is 0 Å². The summed E-state index contributed by atoms with van der Waals surface area (Å²) >= 11 is 0. The van der Waals surface area contributed by atoms with Crippen LogP contribution in [0.1, 0.15) is 65.2 Å². The van der Waals surface area contributed by atoms with Crippen LogP contribution in [0.3, 0.4) is 0 Å². The van der Waals surface area contributed by atoms with Crippen LogP contribution in [-0.2, 0) is 4.79 Å². The molecule has 2 N–H and O–H groups in total. The summed E-state index contributed by atoms with van der Waals surface area (Å²) in [5.74, 6) is 0.185. The molecule has 0 aromatic rings. The molecule has 0 heterocycles. The molecule has 2 saturated carbocycles. The molecule has 0 aromatic carbocycles. The summed E-state index contributed by atoms with van der Waals surface area (Å²) in [5.41, 5.74) is 0.398. The van der Waals surface area contributed by atoms with Gasteiger partial charge in [-0.15, -0.1) is 0 Å². The smallest absolute Gasteiger partial charge is 0.234 e. The average Bonchev–Trinajstić information content (AvgIpc) is 2.77. The third-order valence-electron chi connectivity index (χ3n) is 4.48. The molecule has 2 rings (SSSR count). The lowest BCUT2D eigenvalue weighted by atomic mass is 9.75. The number of hydrogen-bond donors (Lipinski definition) is 2. The Morgan fingerprint density at radius 1 is 1.11 bits per heavy atom. The minimum absolute atomic E-state index is 0.185. The highest BCUT2D eigenvalue weighted by Gasteiger charge is 2.28. The van der Waals surface area contributed by atoms with Gasteiger partial charge in [-0.05, 0) is 37.5 Å². The van der Waals surface area contributed by atoms with Crippen molar-refractivity contribution in [2.75, 3.05) is 6.54 Å². The van der Waals surface area contributed by atoms with Crippen molar-refractivity contribution >= 4 is 5.91 Å². The van der Waals surface area contributed by atoms with Crippen LogP contribution in [0, 0.1) is 5.41 Å². The lowest BCUT2D eigenvalue weighted by Gasteiger charge is -2.35. The van der Waals surface area contributed by atoms with Crippen molar-refractivity contribution < 1.29 is 4.79 Å². The van der Waals surface area contributed by atoms with Crippen molar-refractivity contribution in [1.82, 2.24) is 10.6 Å². The fourth-order valence-electron chi connectivity index (χ4n) is 3.47. The lowest BCUT2D eigenvalue weighted by Crippen LogP contribution is -2.45. The van der Waals surface area contributed by atoms with Gasteiger partial charge >= 0.3 is 0 Å². The largest absolute Gasteiger partial charge is 0.352 e. The van der Waals surface area contributed by atoms with E-state index in [-0.39, 0.29) is 5.91 Å². The molecule has 2 fully saturated rings. The number of carbonyl (C=O) groups is 1. The second kappa shape index (κ2) is 6.05. The van der Waals surface area contributed by atoms with Crippen molar-refractivity contribution in [2.45, 2.75) is 77.3 Å². The van der Waals surface area contributed by atoms with Gasteiger partial charge in [0, 0.05) is 12.1 Å². The standard InChI is InChI=1S/C15H28N2O/c1-15(2)9-5-8-13(10-15)17-14(18)11-16-12-6-3-4-7-12/h12-13,16H,3-11H2,1-2H3,(H,17,18). The molecule has 2 aliphatic rings. The third-order valence-corrected chi connectivity index (χ3v) is 4.48. The van der Waals surface area contributed by atoms with Gasteiger partial charge in [-0.1, -0.05) is 33.1 Å². The Balaban J connectivity index is 1.67. The molecule has 18 heavy (non-hydrogen) atoms. The predicted octanol–water partition coefficient (Wildman–Crippen LogP) is 2.60. The Morgan fingerprint density at radius 3 is 2.44 bits per heavy atom. The van der Waals surface area contributed by atoms with E-state index >= 15 is 0 Å². The highest BCUT2D eigenvalue weighted by Crippen LogP contribution is 2.34. The maximum atomic E-state index is 11.9. The van der Waals surface area contributed by atoms with Crippen LogP contribution in [0.2, 0.25) is 0 Å². The van der Waals surface area contributed by atoms with Crippen LogP contribution in [0.5, 0.6) is 0 Å². The second-order valence-electron chi connectivity index (χ2n) is 6.89.